The summed E-state index contributed by atoms with van der Waals surface area (Å²) in [5.41, 5.74) is 5.11. The van der Waals surface area contributed by atoms with Crippen LogP contribution in [0, 0.1) is 5.41 Å². The van der Waals surface area contributed by atoms with Gasteiger partial charge in [0.15, 0.2) is 0 Å². The maximum atomic E-state index is 11.7. The van der Waals surface area contributed by atoms with E-state index in [9.17, 15) is 16.8 Å². The van der Waals surface area contributed by atoms with Crippen LogP contribution in [0.1, 0.15) is 6.92 Å². The molecular formula is C7H17N3O4S2. The Morgan fingerprint density at radius 3 is 2.06 bits per heavy atom. The Balaban J connectivity index is 4.69. The Morgan fingerprint density at radius 1 is 1.25 bits per heavy atom. The van der Waals surface area contributed by atoms with Gasteiger partial charge in [0.2, 0.25) is 10.0 Å². The molecule has 0 aromatic carbocycles. The van der Waals surface area contributed by atoms with E-state index < -0.39 is 31.4 Å². The van der Waals surface area contributed by atoms with Crippen LogP contribution >= 0.6 is 0 Å². The van der Waals surface area contributed by atoms with Crippen LogP contribution in [0.25, 0.3) is 0 Å². The molecule has 0 aromatic heterocycles. The monoisotopic (exact) mass is 271 g/mol. The van der Waals surface area contributed by atoms with Crippen LogP contribution in [-0.4, -0.2) is 57.8 Å². The molecule has 7 nitrogen and oxygen atoms in total. The maximum absolute atomic E-state index is 11.7. The summed E-state index contributed by atoms with van der Waals surface area (Å²) in [6, 6.07) is 0. The topological polar surface area (TPSA) is 121 Å². The van der Waals surface area contributed by atoms with Crippen LogP contribution in [0.2, 0.25) is 0 Å². The first-order chi connectivity index (χ1) is 7.08. The summed E-state index contributed by atoms with van der Waals surface area (Å²) in [5.74, 6) is -1.18. The lowest BCUT2D eigenvalue weighted by Crippen LogP contribution is -2.40. The smallest absolute Gasteiger partial charge is 0.215 e. The van der Waals surface area contributed by atoms with Gasteiger partial charge < -0.3 is 5.73 Å². The number of sulfonamides is 1. The third kappa shape index (κ3) is 6.03. The first-order valence-corrected chi connectivity index (χ1v) is 8.24. The predicted octanol–water partition coefficient (Wildman–Crippen LogP) is -1.38. The van der Waals surface area contributed by atoms with Gasteiger partial charge in [-0.15, -0.1) is 0 Å². The van der Waals surface area contributed by atoms with Crippen LogP contribution in [0.4, 0.5) is 0 Å². The Bertz CT molecular complexity index is 440. The number of nitrogens with zero attached hydrogens (tertiary/aromatic N) is 1. The molecule has 0 aliphatic rings. The highest BCUT2D eigenvalue weighted by molar-refractivity contribution is 7.93. The third-order valence-electron chi connectivity index (χ3n) is 1.80. The Hall–Kier alpha value is -0.670. The van der Waals surface area contributed by atoms with Crippen molar-refractivity contribution in [2.75, 3.05) is 30.9 Å². The van der Waals surface area contributed by atoms with Gasteiger partial charge in [0.25, 0.3) is 0 Å². The van der Waals surface area contributed by atoms with Crippen molar-refractivity contribution >= 4 is 25.7 Å². The molecule has 0 bridgehead atoms. The number of nitrogens with two attached hydrogens (primary N) is 1. The second-order valence-electron chi connectivity index (χ2n) is 3.40. The molecular weight excluding hydrogens is 254 g/mol. The molecule has 0 rings (SSSR count). The number of hydrogen-bond acceptors (Lipinski definition) is 5. The molecule has 9 heteroatoms. The van der Waals surface area contributed by atoms with Crippen molar-refractivity contribution in [1.29, 1.82) is 5.41 Å². The van der Waals surface area contributed by atoms with Gasteiger partial charge in [-0.2, -0.15) is 4.31 Å². The minimum Gasteiger partial charge on any atom is -0.387 e. The van der Waals surface area contributed by atoms with Crippen molar-refractivity contribution in [2.24, 2.45) is 5.73 Å². The van der Waals surface area contributed by atoms with E-state index in [0.29, 0.717) is 0 Å². The normalized spacial score (nSPS) is 12.9. The molecule has 0 unspecified atom stereocenters. The minimum atomic E-state index is -3.67. The lowest BCUT2D eigenvalue weighted by Gasteiger charge is -2.19. The zero-order valence-corrected chi connectivity index (χ0v) is 10.9. The summed E-state index contributed by atoms with van der Waals surface area (Å²) >= 11 is 0. The number of rotatable bonds is 7. The van der Waals surface area contributed by atoms with Crippen LogP contribution in [0.3, 0.4) is 0 Å². The van der Waals surface area contributed by atoms with Gasteiger partial charge in [-0.25, -0.2) is 16.8 Å². The average Bonchev–Trinajstić information content (AvgIpc) is 2.09. The van der Waals surface area contributed by atoms with Crippen molar-refractivity contribution in [3.05, 3.63) is 0 Å². The van der Waals surface area contributed by atoms with Crippen LogP contribution < -0.4 is 5.73 Å². The van der Waals surface area contributed by atoms with Gasteiger partial charge in [-0.3, -0.25) is 5.41 Å². The fourth-order valence-corrected chi connectivity index (χ4v) is 4.02. The number of likely N-dealkylation sites (N-methyl/N-ethyl adjacent to an activating group) is 1. The average molecular weight is 271 g/mol. The molecule has 0 aliphatic carbocycles. The highest BCUT2D eigenvalue weighted by Crippen LogP contribution is 2.02. The Kier molecular flexibility index (Phi) is 5.36. The molecule has 0 fully saturated rings. The molecule has 0 spiro atoms. The summed E-state index contributed by atoms with van der Waals surface area (Å²) in [5, 5.41) is 7.02. The lowest BCUT2D eigenvalue weighted by molar-refractivity contribution is 0.467. The number of nitrogens with one attached hydrogen (secondary N) is 1. The molecule has 0 saturated heterocycles. The van der Waals surface area contributed by atoms with Gasteiger partial charge in [-0.05, 0) is 0 Å². The maximum Gasteiger partial charge on any atom is 0.215 e. The summed E-state index contributed by atoms with van der Waals surface area (Å²) in [4.78, 5) is 0. The predicted molar refractivity (Wildman–Crippen MR) is 62.7 cm³/mol. The second kappa shape index (κ2) is 5.60. The molecule has 0 radical (unpaired) electrons. The highest BCUT2D eigenvalue weighted by atomic mass is 32.2. The molecule has 16 heavy (non-hydrogen) atoms. The van der Waals surface area contributed by atoms with Gasteiger partial charge >= 0.3 is 0 Å². The quantitative estimate of drug-likeness (QED) is 0.436. The van der Waals surface area contributed by atoms with Crippen molar-refractivity contribution in [3.63, 3.8) is 0 Å². The summed E-state index contributed by atoms with van der Waals surface area (Å²) in [6.45, 7) is 1.55. The minimum absolute atomic E-state index is 0.158. The van der Waals surface area contributed by atoms with E-state index in [1.807, 2.05) is 0 Å². The third-order valence-corrected chi connectivity index (χ3v) is 4.90. The largest absolute Gasteiger partial charge is 0.387 e. The number of hydrogen-bond donors (Lipinski definition) is 2. The van der Waals surface area contributed by atoms with Crippen LogP contribution in [-0.2, 0) is 19.9 Å². The van der Waals surface area contributed by atoms with E-state index >= 15 is 0 Å². The molecule has 0 aromatic rings. The van der Waals surface area contributed by atoms with Crippen LogP contribution in [0.15, 0.2) is 0 Å². The number of sulfone groups is 1. The van der Waals surface area contributed by atoms with Gasteiger partial charge in [-0.1, -0.05) is 6.92 Å². The van der Waals surface area contributed by atoms with E-state index in [1.165, 1.54) is 0 Å². The van der Waals surface area contributed by atoms with Gasteiger partial charge in [0.05, 0.1) is 18.1 Å². The van der Waals surface area contributed by atoms with Crippen LogP contribution in [0.5, 0.6) is 0 Å². The van der Waals surface area contributed by atoms with E-state index in [0.717, 1.165) is 10.6 Å². The van der Waals surface area contributed by atoms with Crippen molar-refractivity contribution < 1.29 is 16.8 Å². The van der Waals surface area contributed by atoms with Crippen molar-refractivity contribution in [3.8, 4) is 0 Å². The molecule has 0 heterocycles. The lowest BCUT2D eigenvalue weighted by atomic mass is 10.6. The van der Waals surface area contributed by atoms with E-state index in [1.54, 1.807) is 6.92 Å². The van der Waals surface area contributed by atoms with Gasteiger partial charge in [0, 0.05) is 12.8 Å². The summed E-state index contributed by atoms with van der Waals surface area (Å²) in [6.07, 6.45) is 0.976. The molecule has 96 valence electrons. The fraction of sp³-hybridized carbons (Fsp3) is 0.857. The SMILES string of the molecule is CCN(CC(=N)N)S(=O)(=O)CCS(C)(=O)=O. The highest BCUT2D eigenvalue weighted by Gasteiger charge is 2.22. The summed E-state index contributed by atoms with van der Waals surface area (Å²) < 4.78 is 46.0. The first-order valence-electron chi connectivity index (χ1n) is 4.57. The molecule has 0 amide bonds. The van der Waals surface area contributed by atoms with E-state index in [4.69, 9.17) is 11.1 Å². The van der Waals surface area contributed by atoms with Crippen molar-refractivity contribution in [1.82, 2.24) is 4.31 Å². The van der Waals surface area contributed by atoms with Crippen molar-refractivity contribution in [2.45, 2.75) is 6.92 Å². The molecule has 0 atom stereocenters. The number of amidine groups is 1. The van der Waals surface area contributed by atoms with E-state index in [2.05, 4.69) is 0 Å². The van der Waals surface area contributed by atoms with E-state index in [-0.39, 0.29) is 18.9 Å². The molecule has 0 aliphatic heterocycles. The zero-order valence-electron chi connectivity index (χ0n) is 9.30. The summed E-state index contributed by atoms with van der Waals surface area (Å²) in [7, 11) is -6.99. The second-order valence-corrected chi connectivity index (χ2v) is 7.75. The first kappa shape index (κ1) is 15.3. The Morgan fingerprint density at radius 2 is 1.75 bits per heavy atom. The standard InChI is InChI=1S/C7H17N3O4S2/c1-3-10(6-7(8)9)16(13,14)5-4-15(2,11)12/h3-6H2,1-2H3,(H3,8,9). The van der Waals surface area contributed by atoms with Gasteiger partial charge in [0.1, 0.15) is 15.7 Å². The molecule has 3 N–H and O–H groups in total. The Labute approximate surface area is 96.1 Å². The zero-order chi connectivity index (χ0) is 13.0. The molecule has 0 saturated carbocycles. The fourth-order valence-electron chi connectivity index (χ4n) is 0.983.